The Bertz CT molecular complexity index is 423. The zero-order valence-electron chi connectivity index (χ0n) is 10.4. The van der Waals surface area contributed by atoms with E-state index in [1.807, 2.05) is 0 Å². The number of fused-ring (bicyclic) bond motifs is 1. The van der Waals surface area contributed by atoms with Gasteiger partial charge in [-0.1, -0.05) is 0 Å². The van der Waals surface area contributed by atoms with E-state index in [0.717, 1.165) is 30.7 Å². The summed E-state index contributed by atoms with van der Waals surface area (Å²) in [6.45, 7) is 1.67. The van der Waals surface area contributed by atoms with Crippen LogP contribution in [0, 0.1) is 6.92 Å². The molecule has 2 rings (SSSR count). The van der Waals surface area contributed by atoms with E-state index < -0.39 is 12.2 Å². The molecule has 3 nitrogen and oxygen atoms in total. The number of hydrogen-bond donors (Lipinski definition) is 1. The second kappa shape index (κ2) is 4.91. The molecule has 18 heavy (non-hydrogen) atoms. The Morgan fingerprint density at radius 2 is 2.00 bits per heavy atom. The van der Waals surface area contributed by atoms with E-state index in [1.54, 1.807) is 6.92 Å². The van der Waals surface area contributed by atoms with Gasteiger partial charge in [-0.15, -0.1) is 0 Å². The van der Waals surface area contributed by atoms with Crippen LogP contribution in [0.15, 0.2) is 0 Å². The van der Waals surface area contributed by atoms with Crippen LogP contribution in [0.1, 0.15) is 42.5 Å². The molecule has 1 aliphatic carbocycles. The van der Waals surface area contributed by atoms with Gasteiger partial charge in [0.15, 0.2) is 0 Å². The zero-order valence-corrected chi connectivity index (χ0v) is 10.4. The van der Waals surface area contributed by atoms with Crippen LogP contribution < -0.4 is 5.73 Å². The van der Waals surface area contributed by atoms with Gasteiger partial charge in [0, 0.05) is 5.69 Å². The Balaban J connectivity index is 2.44. The highest BCUT2D eigenvalue weighted by Gasteiger charge is 2.42. The molecular formula is C12H18F3N3. The molecule has 0 aliphatic heterocycles. The van der Waals surface area contributed by atoms with E-state index in [2.05, 4.69) is 4.98 Å². The highest BCUT2D eigenvalue weighted by atomic mass is 19.4. The van der Waals surface area contributed by atoms with Crippen molar-refractivity contribution in [1.29, 1.82) is 0 Å². The van der Waals surface area contributed by atoms with Gasteiger partial charge >= 0.3 is 6.18 Å². The van der Waals surface area contributed by atoms with E-state index in [-0.39, 0.29) is 13.0 Å². The number of alkyl halides is 3. The second-order valence-corrected chi connectivity index (χ2v) is 4.76. The monoisotopic (exact) mass is 261 g/mol. The number of aryl methyl sites for hydroxylation is 2. The molecule has 0 bridgehead atoms. The summed E-state index contributed by atoms with van der Waals surface area (Å²) in [5.74, 6) is 0.456. The lowest BCUT2D eigenvalue weighted by molar-refractivity contribution is -0.169. The van der Waals surface area contributed by atoms with Crippen molar-refractivity contribution in [3.63, 3.8) is 0 Å². The molecule has 0 saturated carbocycles. The Morgan fingerprint density at radius 3 is 2.61 bits per heavy atom. The van der Waals surface area contributed by atoms with Gasteiger partial charge in [0.25, 0.3) is 0 Å². The molecule has 0 amide bonds. The third kappa shape index (κ3) is 2.39. The average Bonchev–Trinajstić information content (AvgIpc) is 2.60. The molecule has 1 atom stereocenters. The van der Waals surface area contributed by atoms with E-state index in [4.69, 9.17) is 5.73 Å². The third-order valence-electron chi connectivity index (χ3n) is 3.48. The summed E-state index contributed by atoms with van der Waals surface area (Å²) in [5.41, 5.74) is 6.92. The first-order chi connectivity index (χ1) is 8.45. The fourth-order valence-electron chi connectivity index (χ4n) is 2.71. The number of nitrogens with two attached hydrogens (primary N) is 1. The summed E-state index contributed by atoms with van der Waals surface area (Å²) in [4.78, 5) is 4.29. The van der Waals surface area contributed by atoms with E-state index in [1.165, 1.54) is 4.57 Å². The van der Waals surface area contributed by atoms with Crippen molar-refractivity contribution in [2.45, 2.75) is 51.2 Å². The fraction of sp³-hybridized carbons (Fsp3) is 0.750. The molecule has 0 aromatic carbocycles. The third-order valence-corrected chi connectivity index (χ3v) is 3.48. The van der Waals surface area contributed by atoms with Crippen LogP contribution in [-0.2, 0) is 12.8 Å². The fourth-order valence-corrected chi connectivity index (χ4v) is 2.71. The van der Waals surface area contributed by atoms with Crippen LogP contribution >= 0.6 is 0 Å². The number of halogens is 3. The van der Waals surface area contributed by atoms with Crippen molar-refractivity contribution < 1.29 is 13.2 Å². The van der Waals surface area contributed by atoms with Crippen LogP contribution in [-0.4, -0.2) is 22.3 Å². The lowest BCUT2D eigenvalue weighted by atomic mass is 10.0. The van der Waals surface area contributed by atoms with Crippen molar-refractivity contribution in [3.05, 3.63) is 17.2 Å². The lowest BCUT2D eigenvalue weighted by Gasteiger charge is -2.25. The standard InChI is InChI=1S/C12H18F3N3/c1-8-17-9-4-2-3-5-10(9)18(8)11(6-7-16)12(13,14)15/h11H,2-7,16H2,1H3. The average molecular weight is 261 g/mol. The summed E-state index contributed by atoms with van der Waals surface area (Å²) in [6.07, 6.45) is -0.935. The van der Waals surface area contributed by atoms with Crippen LogP contribution in [0.25, 0.3) is 0 Å². The van der Waals surface area contributed by atoms with Crippen LogP contribution in [0.5, 0.6) is 0 Å². The van der Waals surface area contributed by atoms with E-state index in [0.29, 0.717) is 12.2 Å². The lowest BCUT2D eigenvalue weighted by Crippen LogP contribution is -2.31. The Labute approximate surface area is 104 Å². The van der Waals surface area contributed by atoms with Crippen molar-refractivity contribution in [3.8, 4) is 0 Å². The first kappa shape index (κ1) is 13.4. The molecule has 0 radical (unpaired) electrons. The number of imidazole rings is 1. The normalized spacial score (nSPS) is 17.6. The van der Waals surface area contributed by atoms with Crippen molar-refractivity contribution in [1.82, 2.24) is 9.55 Å². The SMILES string of the molecule is Cc1nc2c(n1C(CCN)C(F)(F)F)CCCC2. The maximum atomic E-state index is 13.1. The maximum Gasteiger partial charge on any atom is 0.409 e. The largest absolute Gasteiger partial charge is 0.409 e. The predicted octanol–water partition coefficient (Wildman–Crippen LogP) is 2.52. The van der Waals surface area contributed by atoms with Crippen molar-refractivity contribution in [2.75, 3.05) is 6.54 Å². The topological polar surface area (TPSA) is 43.8 Å². The number of aromatic nitrogens is 2. The van der Waals surface area contributed by atoms with Crippen LogP contribution in [0.4, 0.5) is 13.2 Å². The van der Waals surface area contributed by atoms with Gasteiger partial charge < -0.3 is 10.3 Å². The minimum atomic E-state index is -4.27. The minimum absolute atomic E-state index is 0.0244. The Kier molecular flexibility index (Phi) is 3.66. The molecule has 0 spiro atoms. The Morgan fingerprint density at radius 1 is 1.33 bits per heavy atom. The predicted molar refractivity (Wildman–Crippen MR) is 62.4 cm³/mol. The second-order valence-electron chi connectivity index (χ2n) is 4.76. The summed E-state index contributed by atoms with van der Waals surface area (Å²) in [5, 5.41) is 0. The smallest absolute Gasteiger partial charge is 0.330 e. The minimum Gasteiger partial charge on any atom is -0.330 e. The van der Waals surface area contributed by atoms with Crippen molar-refractivity contribution in [2.24, 2.45) is 5.73 Å². The summed E-state index contributed by atoms with van der Waals surface area (Å²) < 4.78 is 40.7. The Hall–Kier alpha value is -1.04. The number of nitrogens with zero attached hydrogens (tertiary/aromatic N) is 2. The molecule has 102 valence electrons. The molecule has 6 heteroatoms. The van der Waals surface area contributed by atoms with E-state index >= 15 is 0 Å². The molecular weight excluding hydrogens is 243 g/mol. The zero-order chi connectivity index (χ0) is 13.3. The van der Waals surface area contributed by atoms with Crippen molar-refractivity contribution >= 4 is 0 Å². The summed E-state index contributed by atoms with van der Waals surface area (Å²) >= 11 is 0. The van der Waals surface area contributed by atoms with E-state index in [9.17, 15) is 13.2 Å². The summed E-state index contributed by atoms with van der Waals surface area (Å²) in [7, 11) is 0. The van der Waals surface area contributed by atoms with Crippen LogP contribution in [0.2, 0.25) is 0 Å². The van der Waals surface area contributed by atoms with Gasteiger partial charge in [0.05, 0.1) is 5.69 Å². The molecule has 1 aromatic heterocycles. The molecule has 0 saturated heterocycles. The van der Waals surface area contributed by atoms with Gasteiger partial charge in [-0.05, 0) is 45.6 Å². The van der Waals surface area contributed by atoms with Crippen LogP contribution in [0.3, 0.4) is 0 Å². The first-order valence-corrected chi connectivity index (χ1v) is 6.28. The number of hydrogen-bond acceptors (Lipinski definition) is 2. The summed E-state index contributed by atoms with van der Waals surface area (Å²) in [6, 6.07) is -1.53. The van der Waals surface area contributed by atoms with Gasteiger partial charge in [-0.25, -0.2) is 4.98 Å². The molecule has 0 fully saturated rings. The van der Waals surface area contributed by atoms with Gasteiger partial charge in [0.1, 0.15) is 11.9 Å². The highest BCUT2D eigenvalue weighted by Crippen LogP contribution is 2.37. The molecule has 1 aliphatic rings. The first-order valence-electron chi connectivity index (χ1n) is 6.28. The molecule has 1 heterocycles. The van der Waals surface area contributed by atoms with Gasteiger partial charge in [0.2, 0.25) is 0 Å². The molecule has 1 aromatic rings. The van der Waals surface area contributed by atoms with Gasteiger partial charge in [-0.3, -0.25) is 0 Å². The number of rotatable bonds is 3. The highest BCUT2D eigenvalue weighted by molar-refractivity contribution is 5.21. The quantitative estimate of drug-likeness (QED) is 0.908. The maximum absolute atomic E-state index is 13.1. The van der Waals surface area contributed by atoms with Gasteiger partial charge in [-0.2, -0.15) is 13.2 Å². The molecule has 1 unspecified atom stereocenters. The molecule has 2 N–H and O–H groups in total.